The topological polar surface area (TPSA) is 26.3 Å². The van der Waals surface area contributed by atoms with Gasteiger partial charge in [-0.15, -0.1) is 0 Å². The molecule has 0 aliphatic rings. The Labute approximate surface area is 82.7 Å². The van der Waals surface area contributed by atoms with E-state index >= 15 is 0 Å². The maximum atomic E-state index is 10.1. The Morgan fingerprint density at radius 2 is 1.46 bits per heavy atom. The Hall–Kier alpha value is -0.530. The summed E-state index contributed by atoms with van der Waals surface area (Å²) >= 11 is 0. The molecule has 0 unspecified atom stereocenters. The van der Waals surface area contributed by atoms with E-state index in [9.17, 15) is 4.79 Å². The molecule has 13 heavy (non-hydrogen) atoms. The summed E-state index contributed by atoms with van der Waals surface area (Å²) in [6.45, 7) is 8.48. The Balaban J connectivity index is 0. The highest BCUT2D eigenvalue weighted by atomic mass is 16.5. The lowest BCUT2D eigenvalue weighted by atomic mass is 10.3. The lowest BCUT2D eigenvalue weighted by Gasteiger charge is -1.96. The first kappa shape index (κ1) is 15.0. The predicted octanol–water partition coefficient (Wildman–Crippen LogP) is 3.55. The summed E-state index contributed by atoms with van der Waals surface area (Å²) in [7, 11) is 0. The van der Waals surface area contributed by atoms with Crippen molar-refractivity contribution in [2.45, 2.75) is 59.8 Å². The highest BCUT2D eigenvalue weighted by molar-refractivity contribution is 5.65. The molecule has 0 saturated heterocycles. The number of hydrogen-bond acceptors (Lipinski definition) is 2. The second kappa shape index (κ2) is 14.0. The molecule has 0 saturated carbocycles. The van der Waals surface area contributed by atoms with Crippen LogP contribution in [0.3, 0.4) is 0 Å². The van der Waals surface area contributed by atoms with Crippen LogP contribution in [0.1, 0.15) is 59.8 Å². The van der Waals surface area contributed by atoms with Crippen molar-refractivity contribution < 1.29 is 9.53 Å². The van der Waals surface area contributed by atoms with Crippen molar-refractivity contribution >= 4 is 5.97 Å². The van der Waals surface area contributed by atoms with E-state index in [-0.39, 0.29) is 5.97 Å². The molecule has 0 rings (SSSR count). The minimum Gasteiger partial charge on any atom is -0.466 e. The van der Waals surface area contributed by atoms with Gasteiger partial charge in [0.1, 0.15) is 0 Å². The molecule has 0 fully saturated rings. The number of esters is 1. The SMILES string of the molecule is CCCCC.CCCCOC(C)=O. The maximum absolute atomic E-state index is 10.1. The first-order chi connectivity index (χ1) is 6.18. The molecule has 0 N–H and O–H groups in total. The summed E-state index contributed by atoms with van der Waals surface area (Å²) in [4.78, 5) is 10.1. The average molecular weight is 188 g/mol. The van der Waals surface area contributed by atoms with Gasteiger partial charge in [0.05, 0.1) is 6.61 Å². The van der Waals surface area contributed by atoms with Gasteiger partial charge in [0, 0.05) is 6.92 Å². The van der Waals surface area contributed by atoms with Crippen LogP contribution in [-0.4, -0.2) is 12.6 Å². The number of carbonyl (C=O) groups is 1. The monoisotopic (exact) mass is 188 g/mol. The van der Waals surface area contributed by atoms with E-state index in [1.54, 1.807) is 0 Å². The largest absolute Gasteiger partial charge is 0.466 e. The van der Waals surface area contributed by atoms with Gasteiger partial charge in [-0.3, -0.25) is 4.79 Å². The van der Waals surface area contributed by atoms with E-state index in [1.807, 2.05) is 0 Å². The predicted molar refractivity (Wildman–Crippen MR) is 56.7 cm³/mol. The Morgan fingerprint density at radius 1 is 1.00 bits per heavy atom. The van der Waals surface area contributed by atoms with E-state index < -0.39 is 0 Å². The van der Waals surface area contributed by atoms with Gasteiger partial charge in [0.15, 0.2) is 0 Å². The molecule has 80 valence electrons. The molecule has 0 radical (unpaired) electrons. The van der Waals surface area contributed by atoms with Crippen LogP contribution in [0, 0.1) is 0 Å². The smallest absolute Gasteiger partial charge is 0.302 e. The molecule has 0 aromatic rings. The van der Waals surface area contributed by atoms with Crippen LogP contribution in [-0.2, 0) is 9.53 Å². The van der Waals surface area contributed by atoms with Gasteiger partial charge in [0.2, 0.25) is 0 Å². The van der Waals surface area contributed by atoms with Gasteiger partial charge in [-0.25, -0.2) is 0 Å². The van der Waals surface area contributed by atoms with Crippen molar-refractivity contribution in [3.63, 3.8) is 0 Å². The lowest BCUT2D eigenvalue weighted by molar-refractivity contribution is -0.141. The van der Waals surface area contributed by atoms with E-state index in [4.69, 9.17) is 0 Å². The zero-order valence-electron chi connectivity index (χ0n) is 9.56. The highest BCUT2D eigenvalue weighted by Gasteiger charge is 1.88. The van der Waals surface area contributed by atoms with Gasteiger partial charge in [-0.2, -0.15) is 0 Å². The first-order valence-electron chi connectivity index (χ1n) is 5.32. The number of unbranched alkanes of at least 4 members (excludes halogenated alkanes) is 3. The molecule has 0 aromatic heterocycles. The van der Waals surface area contributed by atoms with Crippen LogP contribution < -0.4 is 0 Å². The van der Waals surface area contributed by atoms with Gasteiger partial charge in [-0.1, -0.05) is 46.5 Å². The molecule has 0 aromatic carbocycles. The van der Waals surface area contributed by atoms with Crippen LogP contribution in [0.25, 0.3) is 0 Å². The highest BCUT2D eigenvalue weighted by Crippen LogP contribution is 1.88. The fraction of sp³-hybridized carbons (Fsp3) is 0.909. The minimum atomic E-state index is -0.182. The van der Waals surface area contributed by atoms with Crippen molar-refractivity contribution in [3.05, 3.63) is 0 Å². The summed E-state index contributed by atoms with van der Waals surface area (Å²) in [5.74, 6) is -0.182. The van der Waals surface area contributed by atoms with E-state index in [0.717, 1.165) is 12.8 Å². The van der Waals surface area contributed by atoms with Crippen molar-refractivity contribution in [1.29, 1.82) is 0 Å². The van der Waals surface area contributed by atoms with E-state index in [0.29, 0.717) is 6.61 Å². The normalized spacial score (nSPS) is 8.62. The summed E-state index contributed by atoms with van der Waals surface area (Å²) in [5.41, 5.74) is 0. The third-order valence-corrected chi connectivity index (χ3v) is 1.51. The van der Waals surface area contributed by atoms with Gasteiger partial charge in [0.25, 0.3) is 0 Å². The Morgan fingerprint density at radius 3 is 1.69 bits per heavy atom. The zero-order chi connectivity index (χ0) is 10.5. The molecular formula is C11H24O2. The standard InChI is InChI=1S/C6H12O2.C5H12/c1-3-4-5-8-6(2)7;1-3-5-4-2/h3-5H2,1-2H3;3-5H2,1-2H3. The molecule has 0 aliphatic carbocycles. The van der Waals surface area contributed by atoms with Crippen molar-refractivity contribution in [2.75, 3.05) is 6.61 Å². The van der Waals surface area contributed by atoms with Gasteiger partial charge >= 0.3 is 5.97 Å². The van der Waals surface area contributed by atoms with Gasteiger partial charge in [-0.05, 0) is 6.42 Å². The Kier molecular flexibility index (Phi) is 16.1. The number of carbonyl (C=O) groups excluding carboxylic acids is 1. The van der Waals surface area contributed by atoms with Crippen LogP contribution in [0.4, 0.5) is 0 Å². The number of hydrogen-bond donors (Lipinski definition) is 0. The fourth-order valence-electron chi connectivity index (χ4n) is 0.714. The second-order valence-corrected chi connectivity index (χ2v) is 3.05. The van der Waals surface area contributed by atoms with Crippen molar-refractivity contribution in [2.24, 2.45) is 0 Å². The number of ether oxygens (including phenoxy) is 1. The molecule has 0 amide bonds. The van der Waals surface area contributed by atoms with Crippen molar-refractivity contribution in [1.82, 2.24) is 0 Å². The molecule has 0 bridgehead atoms. The molecule has 0 atom stereocenters. The molecule has 0 aliphatic heterocycles. The van der Waals surface area contributed by atoms with Crippen LogP contribution >= 0.6 is 0 Å². The van der Waals surface area contributed by atoms with Crippen LogP contribution in [0.2, 0.25) is 0 Å². The summed E-state index contributed by atoms with van der Waals surface area (Å²) < 4.78 is 4.64. The summed E-state index contributed by atoms with van der Waals surface area (Å²) in [5, 5.41) is 0. The molecule has 0 heterocycles. The summed E-state index contributed by atoms with van der Waals surface area (Å²) in [6, 6.07) is 0. The fourth-order valence-corrected chi connectivity index (χ4v) is 0.714. The van der Waals surface area contributed by atoms with Crippen LogP contribution in [0.5, 0.6) is 0 Å². The molecular weight excluding hydrogens is 164 g/mol. The molecule has 2 heteroatoms. The third-order valence-electron chi connectivity index (χ3n) is 1.51. The second-order valence-electron chi connectivity index (χ2n) is 3.05. The summed E-state index contributed by atoms with van der Waals surface area (Å²) in [6.07, 6.45) is 6.12. The third kappa shape index (κ3) is 24.6. The maximum Gasteiger partial charge on any atom is 0.302 e. The zero-order valence-corrected chi connectivity index (χ0v) is 9.56. The molecule has 0 spiro atoms. The first-order valence-corrected chi connectivity index (χ1v) is 5.32. The van der Waals surface area contributed by atoms with Crippen molar-refractivity contribution in [3.8, 4) is 0 Å². The average Bonchev–Trinajstić information content (AvgIpc) is 2.07. The quantitative estimate of drug-likeness (QED) is 0.487. The van der Waals surface area contributed by atoms with E-state index in [2.05, 4.69) is 25.5 Å². The van der Waals surface area contributed by atoms with Gasteiger partial charge < -0.3 is 4.74 Å². The lowest BCUT2D eigenvalue weighted by Crippen LogP contribution is -1.99. The van der Waals surface area contributed by atoms with E-state index in [1.165, 1.54) is 26.2 Å². The molecule has 2 nitrogen and oxygen atoms in total. The van der Waals surface area contributed by atoms with Crippen LogP contribution in [0.15, 0.2) is 0 Å². The number of rotatable bonds is 5. The Bertz CT molecular complexity index is 98.3. The minimum absolute atomic E-state index is 0.182.